The van der Waals surface area contributed by atoms with E-state index in [1.807, 2.05) is 0 Å². The predicted octanol–water partition coefficient (Wildman–Crippen LogP) is 2.15. The molecule has 1 rings (SSSR count). The Bertz CT molecular complexity index is 325. The van der Waals surface area contributed by atoms with Crippen LogP contribution in [-0.2, 0) is 6.18 Å². The van der Waals surface area contributed by atoms with Crippen molar-refractivity contribution < 1.29 is 17.9 Å². The van der Waals surface area contributed by atoms with Gasteiger partial charge < -0.3 is 10.1 Å². The molecule has 6 heteroatoms. The summed E-state index contributed by atoms with van der Waals surface area (Å²) < 4.78 is 41.5. The van der Waals surface area contributed by atoms with E-state index < -0.39 is 11.7 Å². The lowest BCUT2D eigenvalue weighted by Gasteiger charge is -2.10. The molecule has 0 amide bonds. The van der Waals surface area contributed by atoms with Gasteiger partial charge in [0, 0.05) is 13.2 Å². The number of rotatable bonds is 2. The van der Waals surface area contributed by atoms with Crippen LogP contribution in [0.5, 0.6) is 5.88 Å². The van der Waals surface area contributed by atoms with E-state index in [1.165, 1.54) is 14.2 Å². The SMILES string of the molecule is CNc1cc(C(F)(F)F)cnc1OC. The highest BCUT2D eigenvalue weighted by atomic mass is 19.4. The Morgan fingerprint density at radius 3 is 2.50 bits per heavy atom. The molecule has 1 aromatic heterocycles. The first-order valence-corrected chi connectivity index (χ1v) is 3.78. The maximum Gasteiger partial charge on any atom is 0.417 e. The summed E-state index contributed by atoms with van der Waals surface area (Å²) in [5, 5.41) is 2.57. The number of nitrogens with zero attached hydrogens (tertiary/aromatic N) is 1. The number of hydrogen-bond donors (Lipinski definition) is 1. The van der Waals surface area contributed by atoms with Gasteiger partial charge in [0.2, 0.25) is 5.88 Å². The van der Waals surface area contributed by atoms with Gasteiger partial charge in [0.15, 0.2) is 0 Å². The van der Waals surface area contributed by atoms with Crippen molar-refractivity contribution in [2.45, 2.75) is 6.18 Å². The van der Waals surface area contributed by atoms with Crippen molar-refractivity contribution in [1.82, 2.24) is 4.98 Å². The fourth-order valence-electron chi connectivity index (χ4n) is 0.949. The molecule has 0 saturated heterocycles. The number of methoxy groups -OCH3 is 1. The van der Waals surface area contributed by atoms with Gasteiger partial charge in [0.1, 0.15) is 0 Å². The summed E-state index contributed by atoms with van der Waals surface area (Å²) in [5.41, 5.74) is -0.593. The molecule has 0 aromatic carbocycles. The van der Waals surface area contributed by atoms with Crippen LogP contribution in [-0.4, -0.2) is 19.1 Å². The van der Waals surface area contributed by atoms with E-state index in [0.717, 1.165) is 12.3 Å². The maximum atomic E-state index is 12.2. The molecule has 0 aliphatic carbocycles. The van der Waals surface area contributed by atoms with Gasteiger partial charge in [-0.05, 0) is 6.07 Å². The van der Waals surface area contributed by atoms with Gasteiger partial charge in [-0.15, -0.1) is 0 Å². The van der Waals surface area contributed by atoms with E-state index in [4.69, 9.17) is 4.74 Å². The number of anilines is 1. The molecule has 0 spiro atoms. The number of hydrogen-bond acceptors (Lipinski definition) is 3. The minimum atomic E-state index is -4.38. The minimum absolute atomic E-state index is 0.139. The quantitative estimate of drug-likeness (QED) is 0.805. The molecule has 3 nitrogen and oxygen atoms in total. The second-order valence-electron chi connectivity index (χ2n) is 2.53. The zero-order chi connectivity index (χ0) is 10.8. The lowest BCUT2D eigenvalue weighted by molar-refractivity contribution is -0.137. The van der Waals surface area contributed by atoms with E-state index in [9.17, 15) is 13.2 Å². The largest absolute Gasteiger partial charge is 0.480 e. The molecule has 0 bridgehead atoms. The zero-order valence-corrected chi connectivity index (χ0v) is 7.64. The van der Waals surface area contributed by atoms with Crippen molar-refractivity contribution in [3.8, 4) is 5.88 Å². The van der Waals surface area contributed by atoms with Crippen molar-refractivity contribution >= 4 is 5.69 Å². The van der Waals surface area contributed by atoms with Gasteiger partial charge in [-0.2, -0.15) is 13.2 Å². The van der Waals surface area contributed by atoms with Gasteiger partial charge in [-0.1, -0.05) is 0 Å². The van der Waals surface area contributed by atoms with Crippen molar-refractivity contribution in [2.75, 3.05) is 19.5 Å². The van der Waals surface area contributed by atoms with Crippen molar-refractivity contribution in [3.05, 3.63) is 17.8 Å². The van der Waals surface area contributed by atoms with E-state index in [0.29, 0.717) is 0 Å². The first-order chi connectivity index (χ1) is 6.49. The molecule has 1 aromatic rings. The number of alkyl halides is 3. The Labute approximate surface area is 78.9 Å². The van der Waals surface area contributed by atoms with Crippen molar-refractivity contribution in [2.24, 2.45) is 0 Å². The first kappa shape index (κ1) is 10.6. The Morgan fingerprint density at radius 1 is 1.43 bits per heavy atom. The molecule has 0 fully saturated rings. The topological polar surface area (TPSA) is 34.2 Å². The third-order valence-corrected chi connectivity index (χ3v) is 1.64. The summed E-state index contributed by atoms with van der Waals surface area (Å²) in [7, 11) is 2.84. The summed E-state index contributed by atoms with van der Waals surface area (Å²) >= 11 is 0. The maximum absolute atomic E-state index is 12.2. The normalized spacial score (nSPS) is 11.2. The van der Waals surface area contributed by atoms with Crippen LogP contribution in [0.15, 0.2) is 12.3 Å². The summed E-state index contributed by atoms with van der Waals surface area (Å²) in [6.07, 6.45) is -3.65. The van der Waals surface area contributed by atoms with Crippen molar-refractivity contribution in [3.63, 3.8) is 0 Å². The summed E-state index contributed by atoms with van der Waals surface area (Å²) in [6, 6.07) is 0.950. The number of pyridine rings is 1. The third kappa shape index (κ3) is 2.07. The molecule has 0 unspecified atom stereocenters. The molecular formula is C8H9F3N2O. The van der Waals surface area contributed by atoms with E-state index in [1.54, 1.807) is 0 Å². The van der Waals surface area contributed by atoms with Crippen molar-refractivity contribution in [1.29, 1.82) is 0 Å². The van der Waals surface area contributed by atoms with E-state index >= 15 is 0 Å². The Balaban J connectivity index is 3.14. The molecule has 1 N–H and O–H groups in total. The second-order valence-corrected chi connectivity index (χ2v) is 2.53. The minimum Gasteiger partial charge on any atom is -0.480 e. The molecule has 0 aliphatic rings. The first-order valence-electron chi connectivity index (χ1n) is 3.78. The molecule has 0 atom stereocenters. The van der Waals surface area contributed by atoms with Crippen LogP contribution < -0.4 is 10.1 Å². The van der Waals surface area contributed by atoms with Crippen LogP contribution >= 0.6 is 0 Å². The zero-order valence-electron chi connectivity index (χ0n) is 7.64. The standard InChI is InChI=1S/C8H9F3N2O/c1-12-6-3-5(8(9,10)11)4-13-7(6)14-2/h3-4,12H,1-2H3. The Hall–Kier alpha value is -1.46. The second kappa shape index (κ2) is 3.73. The molecule has 0 radical (unpaired) electrons. The number of halogens is 3. The summed E-state index contributed by atoms with van der Waals surface area (Å²) in [4.78, 5) is 3.53. The summed E-state index contributed by atoms with van der Waals surface area (Å²) in [6.45, 7) is 0. The molecule has 14 heavy (non-hydrogen) atoms. The van der Waals surface area contributed by atoms with E-state index in [2.05, 4.69) is 10.3 Å². The fraction of sp³-hybridized carbons (Fsp3) is 0.375. The summed E-state index contributed by atoms with van der Waals surface area (Å²) in [5.74, 6) is 0.139. The lowest BCUT2D eigenvalue weighted by atomic mass is 10.2. The Kier molecular flexibility index (Phi) is 2.83. The smallest absolute Gasteiger partial charge is 0.417 e. The van der Waals surface area contributed by atoms with Gasteiger partial charge in [-0.25, -0.2) is 4.98 Å². The van der Waals surface area contributed by atoms with Gasteiger partial charge in [0.25, 0.3) is 0 Å². The number of nitrogens with one attached hydrogen (secondary N) is 1. The predicted molar refractivity (Wildman–Crippen MR) is 45.3 cm³/mol. The average Bonchev–Trinajstić information content (AvgIpc) is 2.15. The number of aromatic nitrogens is 1. The van der Waals surface area contributed by atoms with Crippen LogP contribution in [0, 0.1) is 0 Å². The van der Waals surface area contributed by atoms with Crippen LogP contribution in [0.1, 0.15) is 5.56 Å². The van der Waals surface area contributed by atoms with Crippen LogP contribution in [0.2, 0.25) is 0 Å². The van der Waals surface area contributed by atoms with Crippen LogP contribution in [0.4, 0.5) is 18.9 Å². The molecule has 78 valence electrons. The fourth-order valence-corrected chi connectivity index (χ4v) is 0.949. The molecular weight excluding hydrogens is 197 g/mol. The molecule has 1 heterocycles. The highest BCUT2D eigenvalue weighted by Crippen LogP contribution is 2.32. The van der Waals surface area contributed by atoms with Crippen LogP contribution in [0.25, 0.3) is 0 Å². The van der Waals surface area contributed by atoms with Gasteiger partial charge in [0.05, 0.1) is 18.4 Å². The lowest BCUT2D eigenvalue weighted by Crippen LogP contribution is -2.07. The van der Waals surface area contributed by atoms with Gasteiger partial charge >= 0.3 is 6.18 Å². The average molecular weight is 206 g/mol. The molecule has 0 saturated carbocycles. The van der Waals surface area contributed by atoms with Gasteiger partial charge in [-0.3, -0.25) is 0 Å². The monoisotopic (exact) mass is 206 g/mol. The van der Waals surface area contributed by atoms with E-state index in [-0.39, 0.29) is 11.6 Å². The number of ether oxygens (including phenoxy) is 1. The molecule has 0 aliphatic heterocycles. The highest BCUT2D eigenvalue weighted by molar-refractivity contribution is 5.53. The third-order valence-electron chi connectivity index (χ3n) is 1.64. The highest BCUT2D eigenvalue weighted by Gasteiger charge is 2.31. The Morgan fingerprint density at radius 2 is 2.07 bits per heavy atom. The van der Waals surface area contributed by atoms with Crippen LogP contribution in [0.3, 0.4) is 0 Å².